The maximum atomic E-state index is 13.8. The lowest BCUT2D eigenvalue weighted by Crippen LogP contribution is -2.29. The molecule has 0 unspecified atom stereocenters. The fourth-order valence-corrected chi connectivity index (χ4v) is 4.76. The van der Waals surface area contributed by atoms with Crippen molar-refractivity contribution in [3.8, 4) is 11.5 Å². The fraction of sp³-hybridized carbons (Fsp3) is 0.379. The Balaban J connectivity index is 1.82. The smallest absolute Gasteiger partial charge is 0.311 e. The molecule has 1 aromatic heterocycles. The Morgan fingerprint density at radius 1 is 0.775 bits per heavy atom. The van der Waals surface area contributed by atoms with Crippen molar-refractivity contribution in [1.29, 1.82) is 0 Å². The zero-order chi connectivity index (χ0) is 28.8. The van der Waals surface area contributed by atoms with Crippen molar-refractivity contribution in [3.05, 3.63) is 57.3 Å². The first-order chi connectivity index (χ1) is 19.3. The maximum absolute atomic E-state index is 13.8. The van der Waals surface area contributed by atoms with Crippen LogP contribution in [0.5, 0.6) is 11.5 Å². The van der Waals surface area contributed by atoms with Gasteiger partial charge in [-0.3, -0.25) is 24.1 Å². The lowest BCUT2D eigenvalue weighted by atomic mass is 10.0. The van der Waals surface area contributed by atoms with E-state index >= 15 is 0 Å². The number of nitrogens with zero attached hydrogens (tertiary/aromatic N) is 3. The Morgan fingerprint density at radius 2 is 1.27 bits per heavy atom. The number of rotatable bonds is 12. The fourth-order valence-electron chi connectivity index (χ4n) is 4.44. The first-order valence-corrected chi connectivity index (χ1v) is 14.0. The largest absolute Gasteiger partial charge is 0.423 e. The second-order valence-electron chi connectivity index (χ2n) is 9.47. The van der Waals surface area contributed by atoms with Crippen molar-refractivity contribution in [2.75, 3.05) is 0 Å². The van der Waals surface area contributed by atoms with Gasteiger partial charge in [0.25, 0.3) is 11.8 Å². The normalized spacial score (nSPS) is 12.7. The zero-order valence-electron chi connectivity index (χ0n) is 22.3. The third kappa shape index (κ3) is 6.26. The standard InChI is InChI=1S/C29H29Cl2N3O6/c1-3-5-7-9-20(35)39-26-22-23(29(38)34(28(22)37)16-17-11-12-18(30)19(31)15-17)27(25-24(26)32-13-14-33-25)40-21(36)10-8-6-4-2/h11-15H,3-10,16H2,1-2H3. The summed E-state index contributed by atoms with van der Waals surface area (Å²) < 4.78 is 11.4. The van der Waals surface area contributed by atoms with E-state index in [0.717, 1.165) is 30.6 Å². The van der Waals surface area contributed by atoms with E-state index in [9.17, 15) is 19.2 Å². The van der Waals surface area contributed by atoms with Crippen LogP contribution in [-0.4, -0.2) is 38.6 Å². The van der Waals surface area contributed by atoms with E-state index in [-0.39, 0.29) is 58.1 Å². The minimum Gasteiger partial charge on any atom is -0.423 e. The molecule has 3 aromatic rings. The molecule has 1 aliphatic heterocycles. The molecule has 0 atom stereocenters. The van der Waals surface area contributed by atoms with Crippen molar-refractivity contribution < 1.29 is 28.7 Å². The number of ether oxygens (including phenoxy) is 2. The number of carbonyl (C=O) groups excluding carboxylic acids is 4. The van der Waals surface area contributed by atoms with Gasteiger partial charge in [0, 0.05) is 25.2 Å². The van der Waals surface area contributed by atoms with E-state index in [1.807, 2.05) is 13.8 Å². The average Bonchev–Trinajstić information content (AvgIpc) is 3.17. The number of hydrogen-bond acceptors (Lipinski definition) is 8. The molecular weight excluding hydrogens is 557 g/mol. The Bertz CT molecular complexity index is 1390. The SMILES string of the molecule is CCCCCC(=O)Oc1c2c(c(OC(=O)CCCCC)c3nccnc13)C(=O)N(Cc1ccc(Cl)c(Cl)c1)C2=O. The van der Waals surface area contributed by atoms with Crippen molar-refractivity contribution in [1.82, 2.24) is 14.9 Å². The molecule has 0 bridgehead atoms. The van der Waals surface area contributed by atoms with Gasteiger partial charge in [0.1, 0.15) is 22.2 Å². The van der Waals surface area contributed by atoms with Gasteiger partial charge in [-0.15, -0.1) is 0 Å². The van der Waals surface area contributed by atoms with Crippen LogP contribution in [0.4, 0.5) is 0 Å². The maximum Gasteiger partial charge on any atom is 0.311 e. The number of hydrogen-bond donors (Lipinski definition) is 0. The average molecular weight is 586 g/mol. The second kappa shape index (κ2) is 13.2. The lowest BCUT2D eigenvalue weighted by Gasteiger charge is -2.14. The molecular formula is C29H29Cl2N3O6. The molecule has 0 fully saturated rings. The number of fused-ring (bicyclic) bond motifs is 2. The summed E-state index contributed by atoms with van der Waals surface area (Å²) in [5.41, 5.74) is 0.232. The summed E-state index contributed by atoms with van der Waals surface area (Å²) in [5.74, 6) is -2.96. The third-order valence-corrected chi connectivity index (χ3v) is 7.21. The number of carbonyl (C=O) groups is 4. The molecule has 2 aromatic carbocycles. The highest BCUT2D eigenvalue weighted by Gasteiger charge is 2.44. The van der Waals surface area contributed by atoms with Gasteiger partial charge in [0.2, 0.25) is 0 Å². The van der Waals surface area contributed by atoms with Crippen LogP contribution in [0.15, 0.2) is 30.6 Å². The summed E-state index contributed by atoms with van der Waals surface area (Å²) >= 11 is 12.2. The third-order valence-electron chi connectivity index (χ3n) is 6.48. The Hall–Kier alpha value is -3.56. The number of halogens is 2. The quantitative estimate of drug-likeness (QED) is 0.0996. The van der Waals surface area contributed by atoms with Gasteiger partial charge in [-0.05, 0) is 30.5 Å². The number of aromatic nitrogens is 2. The molecule has 2 amide bonds. The molecule has 0 aliphatic carbocycles. The van der Waals surface area contributed by atoms with Crippen molar-refractivity contribution in [2.45, 2.75) is 71.8 Å². The molecule has 1 aliphatic rings. The summed E-state index contributed by atoms with van der Waals surface area (Å²) in [7, 11) is 0. The molecule has 210 valence electrons. The van der Waals surface area contributed by atoms with Crippen molar-refractivity contribution in [3.63, 3.8) is 0 Å². The number of esters is 2. The molecule has 0 spiro atoms. The van der Waals surface area contributed by atoms with Crippen LogP contribution < -0.4 is 9.47 Å². The summed E-state index contributed by atoms with van der Waals surface area (Å²) in [6, 6.07) is 4.75. The first kappa shape index (κ1) is 29.4. The van der Waals surface area contributed by atoms with Gasteiger partial charge < -0.3 is 9.47 Å². The summed E-state index contributed by atoms with van der Waals surface area (Å²) in [6.45, 7) is 3.88. The molecule has 40 heavy (non-hydrogen) atoms. The number of imide groups is 1. The molecule has 0 radical (unpaired) electrons. The first-order valence-electron chi connectivity index (χ1n) is 13.3. The van der Waals surface area contributed by atoms with Gasteiger partial charge >= 0.3 is 11.9 Å². The van der Waals surface area contributed by atoms with Gasteiger partial charge in [0.05, 0.1) is 16.6 Å². The van der Waals surface area contributed by atoms with Crippen LogP contribution in [0, 0.1) is 0 Å². The minimum absolute atomic E-state index is 0.0407. The predicted octanol–water partition coefficient (Wildman–Crippen LogP) is 6.70. The number of amides is 2. The van der Waals surface area contributed by atoms with E-state index in [1.165, 1.54) is 12.4 Å². The van der Waals surface area contributed by atoms with E-state index in [0.29, 0.717) is 23.4 Å². The molecule has 0 N–H and O–H groups in total. The molecule has 0 saturated heterocycles. The summed E-state index contributed by atoms with van der Waals surface area (Å²) in [4.78, 5) is 62.7. The second-order valence-corrected chi connectivity index (χ2v) is 10.3. The van der Waals surface area contributed by atoms with Crippen LogP contribution in [0.2, 0.25) is 10.0 Å². The van der Waals surface area contributed by atoms with Gasteiger partial charge in [-0.2, -0.15) is 0 Å². The van der Waals surface area contributed by atoms with Gasteiger partial charge in [0.15, 0.2) is 11.5 Å². The predicted molar refractivity (Wildman–Crippen MR) is 150 cm³/mol. The van der Waals surface area contributed by atoms with Gasteiger partial charge in [-0.25, -0.2) is 9.97 Å². The topological polar surface area (TPSA) is 116 Å². The Kier molecular flexibility index (Phi) is 9.71. The highest BCUT2D eigenvalue weighted by molar-refractivity contribution is 6.42. The van der Waals surface area contributed by atoms with Crippen LogP contribution in [-0.2, 0) is 16.1 Å². The molecule has 9 nitrogen and oxygen atoms in total. The Morgan fingerprint density at radius 3 is 1.73 bits per heavy atom. The van der Waals surface area contributed by atoms with E-state index < -0.39 is 23.8 Å². The van der Waals surface area contributed by atoms with Crippen molar-refractivity contribution in [2.24, 2.45) is 0 Å². The molecule has 4 rings (SSSR count). The number of benzene rings is 2. The zero-order valence-corrected chi connectivity index (χ0v) is 23.8. The van der Waals surface area contributed by atoms with Crippen LogP contribution in [0.1, 0.15) is 91.5 Å². The highest BCUT2D eigenvalue weighted by atomic mass is 35.5. The van der Waals surface area contributed by atoms with Gasteiger partial charge in [-0.1, -0.05) is 68.8 Å². The monoisotopic (exact) mass is 585 g/mol. The van der Waals surface area contributed by atoms with Crippen LogP contribution in [0.25, 0.3) is 11.0 Å². The summed E-state index contributed by atoms with van der Waals surface area (Å²) in [6.07, 6.45) is 7.65. The van der Waals surface area contributed by atoms with Crippen LogP contribution >= 0.6 is 23.2 Å². The van der Waals surface area contributed by atoms with Crippen LogP contribution in [0.3, 0.4) is 0 Å². The summed E-state index contributed by atoms with van der Waals surface area (Å²) in [5, 5.41) is 0.587. The van der Waals surface area contributed by atoms with E-state index in [1.54, 1.807) is 18.2 Å². The lowest BCUT2D eigenvalue weighted by molar-refractivity contribution is -0.135. The minimum atomic E-state index is -0.724. The van der Waals surface area contributed by atoms with E-state index in [2.05, 4.69) is 9.97 Å². The number of unbranched alkanes of at least 4 members (excludes halogenated alkanes) is 4. The molecule has 0 saturated carbocycles. The molecule has 11 heteroatoms. The van der Waals surface area contributed by atoms with Crippen molar-refractivity contribution >= 4 is 58.0 Å². The molecule has 2 heterocycles. The Labute approximate surface area is 241 Å². The highest BCUT2D eigenvalue weighted by Crippen LogP contribution is 2.44. The van der Waals surface area contributed by atoms with E-state index in [4.69, 9.17) is 32.7 Å².